The van der Waals surface area contributed by atoms with E-state index in [1.807, 2.05) is 0 Å². The highest BCUT2D eigenvalue weighted by Crippen LogP contribution is 2.20. The molecule has 2 heteroatoms. The highest BCUT2D eigenvalue weighted by atomic mass is 79.9. The number of halogens is 2. The van der Waals surface area contributed by atoms with E-state index in [4.69, 9.17) is 11.6 Å². The molecule has 0 bridgehead atoms. The monoisotopic (exact) mass is 302 g/mol. The SMILES string of the molecule is CC(C)CCC(CCl)Cc1cccc(Br)c1. The molecule has 0 aromatic heterocycles. The largest absolute Gasteiger partial charge is 0.126 e. The minimum absolute atomic E-state index is 0.610. The molecule has 0 N–H and O–H groups in total. The third-order valence-electron chi connectivity index (χ3n) is 2.78. The third-order valence-corrected chi connectivity index (χ3v) is 3.71. The molecule has 1 aromatic carbocycles. The Morgan fingerprint density at radius 1 is 1.25 bits per heavy atom. The van der Waals surface area contributed by atoms with Gasteiger partial charge in [-0.25, -0.2) is 0 Å². The van der Waals surface area contributed by atoms with Gasteiger partial charge in [0.05, 0.1) is 0 Å². The van der Waals surface area contributed by atoms with Crippen LogP contribution < -0.4 is 0 Å². The van der Waals surface area contributed by atoms with Crippen LogP contribution in [0.1, 0.15) is 32.3 Å². The summed E-state index contributed by atoms with van der Waals surface area (Å²) in [5, 5.41) is 0. The second kappa shape index (κ2) is 7.34. The van der Waals surface area contributed by atoms with Gasteiger partial charge in [0, 0.05) is 10.4 Å². The van der Waals surface area contributed by atoms with Crippen molar-refractivity contribution in [1.29, 1.82) is 0 Å². The quantitative estimate of drug-likeness (QED) is 0.627. The fourth-order valence-electron chi connectivity index (χ4n) is 1.80. The van der Waals surface area contributed by atoms with Gasteiger partial charge in [-0.1, -0.05) is 48.3 Å². The summed E-state index contributed by atoms with van der Waals surface area (Å²) in [5.74, 6) is 2.14. The highest BCUT2D eigenvalue weighted by molar-refractivity contribution is 9.10. The topological polar surface area (TPSA) is 0 Å². The average Bonchev–Trinajstić information content (AvgIpc) is 2.24. The minimum atomic E-state index is 0.610. The molecule has 0 aliphatic carbocycles. The number of rotatable bonds is 6. The lowest BCUT2D eigenvalue weighted by molar-refractivity contribution is 0.452. The molecule has 90 valence electrons. The van der Waals surface area contributed by atoms with Gasteiger partial charge in [0.2, 0.25) is 0 Å². The Kier molecular flexibility index (Phi) is 6.45. The van der Waals surface area contributed by atoms with Gasteiger partial charge in [0.1, 0.15) is 0 Å². The third kappa shape index (κ3) is 5.36. The van der Waals surface area contributed by atoms with Gasteiger partial charge >= 0.3 is 0 Å². The fraction of sp³-hybridized carbons (Fsp3) is 0.571. The van der Waals surface area contributed by atoms with E-state index in [-0.39, 0.29) is 0 Å². The van der Waals surface area contributed by atoms with Crippen molar-refractivity contribution < 1.29 is 0 Å². The molecule has 1 atom stereocenters. The van der Waals surface area contributed by atoms with Gasteiger partial charge in [-0.2, -0.15) is 0 Å². The van der Waals surface area contributed by atoms with E-state index in [1.165, 1.54) is 18.4 Å². The summed E-state index contributed by atoms with van der Waals surface area (Å²) in [4.78, 5) is 0. The van der Waals surface area contributed by atoms with Gasteiger partial charge in [-0.3, -0.25) is 0 Å². The van der Waals surface area contributed by atoms with Gasteiger partial charge in [0.25, 0.3) is 0 Å². The first-order chi connectivity index (χ1) is 7.61. The smallest absolute Gasteiger partial charge is 0.0254 e. The molecule has 16 heavy (non-hydrogen) atoms. The normalized spacial score (nSPS) is 13.1. The first-order valence-corrected chi connectivity index (χ1v) is 7.25. The van der Waals surface area contributed by atoms with Crippen LogP contribution >= 0.6 is 27.5 Å². The molecule has 1 unspecified atom stereocenters. The van der Waals surface area contributed by atoms with Gasteiger partial charge in [-0.15, -0.1) is 11.6 Å². The second-order valence-electron chi connectivity index (χ2n) is 4.83. The molecule has 0 saturated heterocycles. The maximum atomic E-state index is 6.03. The fourth-order valence-corrected chi connectivity index (χ4v) is 2.51. The van der Waals surface area contributed by atoms with Crippen molar-refractivity contribution in [2.45, 2.75) is 33.1 Å². The van der Waals surface area contributed by atoms with E-state index in [2.05, 4.69) is 54.0 Å². The standard InChI is InChI=1S/C14H20BrCl/c1-11(2)6-7-13(10-16)8-12-4-3-5-14(15)9-12/h3-5,9,11,13H,6-8,10H2,1-2H3. The minimum Gasteiger partial charge on any atom is -0.126 e. The van der Waals surface area contributed by atoms with E-state index in [1.54, 1.807) is 0 Å². The number of hydrogen-bond acceptors (Lipinski definition) is 0. The summed E-state index contributed by atoms with van der Waals surface area (Å²) in [6.07, 6.45) is 3.59. The summed E-state index contributed by atoms with van der Waals surface area (Å²) in [5.41, 5.74) is 1.38. The Morgan fingerprint density at radius 3 is 2.56 bits per heavy atom. The van der Waals surface area contributed by atoms with Crippen molar-refractivity contribution in [1.82, 2.24) is 0 Å². The molecule has 1 aromatic rings. The van der Waals surface area contributed by atoms with Crippen LogP contribution in [0.3, 0.4) is 0 Å². The van der Waals surface area contributed by atoms with Crippen molar-refractivity contribution in [2.75, 3.05) is 5.88 Å². The van der Waals surface area contributed by atoms with Crippen LogP contribution in [0.2, 0.25) is 0 Å². The maximum Gasteiger partial charge on any atom is 0.0254 e. The van der Waals surface area contributed by atoms with Crippen LogP contribution in [0.25, 0.3) is 0 Å². The number of hydrogen-bond donors (Lipinski definition) is 0. The summed E-state index contributed by atoms with van der Waals surface area (Å²) in [7, 11) is 0. The Labute approximate surface area is 113 Å². The highest BCUT2D eigenvalue weighted by Gasteiger charge is 2.09. The lowest BCUT2D eigenvalue weighted by atomic mass is 9.93. The molecule has 0 radical (unpaired) electrons. The van der Waals surface area contributed by atoms with Crippen molar-refractivity contribution >= 4 is 27.5 Å². The number of benzene rings is 1. The van der Waals surface area contributed by atoms with E-state index in [0.29, 0.717) is 5.92 Å². The molecule has 0 aliphatic heterocycles. The summed E-state index contributed by atoms with van der Waals surface area (Å²) in [6, 6.07) is 8.52. The Balaban J connectivity index is 2.49. The average molecular weight is 304 g/mol. The Morgan fingerprint density at radius 2 is 2.00 bits per heavy atom. The van der Waals surface area contributed by atoms with Crippen LogP contribution in [0.4, 0.5) is 0 Å². The van der Waals surface area contributed by atoms with Crippen molar-refractivity contribution in [3.63, 3.8) is 0 Å². The van der Waals surface area contributed by atoms with E-state index >= 15 is 0 Å². The molecule has 0 aliphatic rings. The molecular formula is C14H20BrCl. The van der Waals surface area contributed by atoms with E-state index in [9.17, 15) is 0 Å². The predicted molar refractivity (Wildman–Crippen MR) is 76.1 cm³/mol. The van der Waals surface area contributed by atoms with Crippen LogP contribution in [0, 0.1) is 11.8 Å². The number of alkyl halides is 1. The van der Waals surface area contributed by atoms with Gasteiger partial charge < -0.3 is 0 Å². The molecule has 0 amide bonds. The second-order valence-corrected chi connectivity index (χ2v) is 6.05. The molecule has 1 rings (SSSR count). The molecule has 0 nitrogen and oxygen atoms in total. The molecule has 0 saturated carbocycles. The first-order valence-electron chi connectivity index (χ1n) is 5.92. The Hall–Kier alpha value is -0.0100. The summed E-state index contributed by atoms with van der Waals surface area (Å²) < 4.78 is 1.15. The lowest BCUT2D eigenvalue weighted by Gasteiger charge is -2.15. The first kappa shape index (κ1) is 14.1. The summed E-state index contributed by atoms with van der Waals surface area (Å²) >= 11 is 9.53. The zero-order valence-corrected chi connectivity index (χ0v) is 12.4. The van der Waals surface area contributed by atoms with Crippen LogP contribution in [-0.2, 0) is 6.42 Å². The predicted octanol–water partition coefficient (Wildman–Crippen LogP) is 5.28. The van der Waals surface area contributed by atoms with Gasteiger partial charge in [0.15, 0.2) is 0 Å². The zero-order valence-electron chi connectivity index (χ0n) is 10.0. The van der Waals surface area contributed by atoms with Crippen LogP contribution in [0.5, 0.6) is 0 Å². The van der Waals surface area contributed by atoms with Crippen molar-refractivity contribution in [2.24, 2.45) is 11.8 Å². The molecular weight excluding hydrogens is 284 g/mol. The zero-order chi connectivity index (χ0) is 12.0. The molecule has 0 fully saturated rings. The van der Waals surface area contributed by atoms with Crippen LogP contribution in [-0.4, -0.2) is 5.88 Å². The van der Waals surface area contributed by atoms with Gasteiger partial charge in [-0.05, 0) is 42.4 Å². The van der Waals surface area contributed by atoms with Crippen molar-refractivity contribution in [3.8, 4) is 0 Å². The maximum absolute atomic E-state index is 6.03. The van der Waals surface area contributed by atoms with Crippen LogP contribution in [0.15, 0.2) is 28.7 Å². The molecule has 0 heterocycles. The summed E-state index contributed by atoms with van der Waals surface area (Å²) in [6.45, 7) is 4.54. The Bertz CT molecular complexity index is 309. The van der Waals surface area contributed by atoms with E-state index in [0.717, 1.165) is 22.7 Å². The lowest BCUT2D eigenvalue weighted by Crippen LogP contribution is -2.08. The molecule has 0 spiro atoms. The van der Waals surface area contributed by atoms with Crippen molar-refractivity contribution in [3.05, 3.63) is 34.3 Å². The van der Waals surface area contributed by atoms with E-state index < -0.39 is 0 Å².